The minimum absolute atomic E-state index is 0.272. The molecule has 0 saturated carbocycles. The Kier molecular flexibility index (Phi) is 6.50. The molecule has 0 saturated heterocycles. The van der Waals surface area contributed by atoms with Crippen molar-refractivity contribution in [1.82, 2.24) is 19.6 Å². The Labute approximate surface area is 193 Å². The van der Waals surface area contributed by atoms with Gasteiger partial charge < -0.3 is 10.6 Å². The van der Waals surface area contributed by atoms with E-state index >= 15 is 0 Å². The number of benzene rings is 2. The second kappa shape index (κ2) is 9.47. The van der Waals surface area contributed by atoms with Crippen LogP contribution in [0.2, 0.25) is 10.0 Å². The summed E-state index contributed by atoms with van der Waals surface area (Å²) in [5.74, 6) is 0.657. The molecule has 6 nitrogen and oxygen atoms in total. The number of rotatable bonds is 6. The smallest absolute Gasteiger partial charge is 0.177 e. The zero-order valence-corrected chi connectivity index (χ0v) is 18.4. The molecular weight excluding hydrogens is 458 g/mol. The van der Waals surface area contributed by atoms with Gasteiger partial charge in [0.05, 0.1) is 13.1 Å². The molecule has 0 aliphatic carbocycles. The van der Waals surface area contributed by atoms with E-state index in [1.165, 1.54) is 6.07 Å². The van der Waals surface area contributed by atoms with Crippen molar-refractivity contribution < 1.29 is 4.39 Å². The molecule has 0 spiro atoms. The van der Waals surface area contributed by atoms with Gasteiger partial charge >= 0.3 is 0 Å². The van der Waals surface area contributed by atoms with Crippen LogP contribution in [0.5, 0.6) is 0 Å². The van der Waals surface area contributed by atoms with Crippen molar-refractivity contribution in [2.45, 2.75) is 13.1 Å². The van der Waals surface area contributed by atoms with Gasteiger partial charge in [-0.05, 0) is 29.9 Å². The van der Waals surface area contributed by atoms with Gasteiger partial charge in [0.2, 0.25) is 0 Å². The molecule has 0 fully saturated rings. The highest BCUT2D eigenvalue weighted by Crippen LogP contribution is 2.22. The number of anilines is 2. The lowest BCUT2D eigenvalue weighted by Crippen LogP contribution is -2.20. The Morgan fingerprint density at radius 1 is 0.871 bits per heavy atom. The van der Waals surface area contributed by atoms with Crippen LogP contribution >= 0.6 is 35.4 Å². The van der Waals surface area contributed by atoms with Gasteiger partial charge in [-0.1, -0.05) is 59.6 Å². The Bertz CT molecular complexity index is 1220. The fraction of sp³-hybridized carbons (Fsp3) is 0.0952. The van der Waals surface area contributed by atoms with Crippen LogP contribution in [0.1, 0.15) is 11.1 Å². The van der Waals surface area contributed by atoms with Crippen molar-refractivity contribution in [3.8, 4) is 0 Å². The monoisotopic (exact) mass is 474 g/mol. The molecule has 2 aromatic carbocycles. The van der Waals surface area contributed by atoms with E-state index in [2.05, 4.69) is 20.8 Å². The van der Waals surface area contributed by atoms with Crippen LogP contribution in [0.4, 0.5) is 16.0 Å². The van der Waals surface area contributed by atoms with Crippen molar-refractivity contribution in [3.05, 3.63) is 94.0 Å². The average Bonchev–Trinajstić information content (AvgIpc) is 3.31. The normalized spacial score (nSPS) is 10.8. The van der Waals surface area contributed by atoms with Crippen LogP contribution in [0, 0.1) is 5.82 Å². The Balaban J connectivity index is 1.37. The Hall–Kier alpha value is -2.94. The SMILES string of the molecule is Fc1ccccc1Cn1ccc(NC(=S)Nc2nn(Cc3ccccc3Cl)cc2Cl)n1. The average molecular weight is 475 g/mol. The molecule has 0 aliphatic heterocycles. The van der Waals surface area contributed by atoms with Crippen LogP contribution < -0.4 is 10.6 Å². The molecule has 4 aromatic rings. The van der Waals surface area contributed by atoms with Crippen LogP contribution in [0.3, 0.4) is 0 Å². The first-order valence-electron chi connectivity index (χ1n) is 9.29. The first-order valence-corrected chi connectivity index (χ1v) is 10.5. The van der Waals surface area contributed by atoms with E-state index in [0.717, 1.165) is 5.56 Å². The first-order chi connectivity index (χ1) is 15.0. The van der Waals surface area contributed by atoms with E-state index in [0.29, 0.717) is 40.3 Å². The fourth-order valence-corrected chi connectivity index (χ4v) is 3.53. The van der Waals surface area contributed by atoms with Gasteiger partial charge in [-0.15, -0.1) is 0 Å². The quantitative estimate of drug-likeness (QED) is 0.364. The van der Waals surface area contributed by atoms with Crippen LogP contribution in [0.25, 0.3) is 0 Å². The second-order valence-electron chi connectivity index (χ2n) is 6.68. The van der Waals surface area contributed by atoms with E-state index < -0.39 is 0 Å². The van der Waals surface area contributed by atoms with Crippen molar-refractivity contribution in [3.63, 3.8) is 0 Å². The summed E-state index contributed by atoms with van der Waals surface area (Å²) in [7, 11) is 0. The van der Waals surface area contributed by atoms with Crippen LogP contribution in [0.15, 0.2) is 67.0 Å². The molecule has 2 aromatic heterocycles. The minimum atomic E-state index is -0.272. The molecular formula is C21H17Cl2FN6S. The van der Waals surface area contributed by atoms with Gasteiger partial charge in [0.15, 0.2) is 16.7 Å². The number of thiocarbonyl (C=S) groups is 1. The summed E-state index contributed by atoms with van der Waals surface area (Å²) in [4.78, 5) is 0. The molecule has 0 amide bonds. The predicted octanol–water partition coefficient (Wildman–Crippen LogP) is 5.43. The molecule has 0 radical (unpaired) electrons. The maximum Gasteiger partial charge on any atom is 0.177 e. The van der Waals surface area contributed by atoms with Crippen molar-refractivity contribution in [1.29, 1.82) is 0 Å². The number of aromatic nitrogens is 4. The van der Waals surface area contributed by atoms with E-state index in [1.807, 2.05) is 24.3 Å². The molecule has 2 heterocycles. The van der Waals surface area contributed by atoms with E-state index in [-0.39, 0.29) is 10.9 Å². The lowest BCUT2D eigenvalue weighted by molar-refractivity contribution is 0.586. The van der Waals surface area contributed by atoms with Gasteiger partial charge in [0, 0.05) is 29.0 Å². The van der Waals surface area contributed by atoms with Crippen molar-refractivity contribution >= 4 is 52.2 Å². The van der Waals surface area contributed by atoms with E-state index in [9.17, 15) is 4.39 Å². The summed E-state index contributed by atoms with van der Waals surface area (Å²) >= 11 is 17.8. The minimum Gasteiger partial charge on any atom is -0.316 e. The number of halogens is 3. The predicted molar refractivity (Wildman–Crippen MR) is 125 cm³/mol. The van der Waals surface area contributed by atoms with E-state index in [4.69, 9.17) is 35.4 Å². The highest BCUT2D eigenvalue weighted by atomic mass is 35.5. The highest BCUT2D eigenvalue weighted by Gasteiger charge is 2.11. The van der Waals surface area contributed by atoms with Crippen LogP contribution in [-0.2, 0) is 13.1 Å². The molecule has 4 rings (SSSR count). The molecule has 158 valence electrons. The van der Waals surface area contributed by atoms with Gasteiger partial charge in [-0.2, -0.15) is 10.2 Å². The summed E-state index contributed by atoms with van der Waals surface area (Å²) in [6.07, 6.45) is 3.43. The molecule has 10 heteroatoms. The topological polar surface area (TPSA) is 59.7 Å². The van der Waals surface area contributed by atoms with Crippen LogP contribution in [-0.4, -0.2) is 24.7 Å². The largest absolute Gasteiger partial charge is 0.316 e. The molecule has 0 aliphatic rings. The molecule has 0 unspecified atom stereocenters. The zero-order valence-electron chi connectivity index (χ0n) is 16.1. The fourth-order valence-electron chi connectivity index (χ4n) is 2.94. The standard InChI is InChI=1S/C21H17Cl2FN6S/c22-16-7-3-1-5-14(16)11-30-13-17(23)20(28-30)26-21(31)25-19-9-10-29(27-19)12-15-6-2-4-8-18(15)24/h1-10,13H,11-12H2,(H2,25,26,27,28,31). The van der Waals surface area contributed by atoms with E-state index in [1.54, 1.807) is 46.0 Å². The van der Waals surface area contributed by atoms with Crippen molar-refractivity contribution in [2.75, 3.05) is 10.6 Å². The maximum atomic E-state index is 13.8. The van der Waals surface area contributed by atoms with Gasteiger partial charge in [-0.25, -0.2) is 4.39 Å². The first kappa shape index (κ1) is 21.3. The highest BCUT2D eigenvalue weighted by molar-refractivity contribution is 7.80. The van der Waals surface area contributed by atoms with Gasteiger partial charge in [0.1, 0.15) is 10.8 Å². The lowest BCUT2D eigenvalue weighted by Gasteiger charge is -2.07. The third-order valence-electron chi connectivity index (χ3n) is 4.41. The van der Waals surface area contributed by atoms with Crippen molar-refractivity contribution in [2.24, 2.45) is 0 Å². The lowest BCUT2D eigenvalue weighted by atomic mass is 10.2. The molecule has 2 N–H and O–H groups in total. The maximum absolute atomic E-state index is 13.8. The number of nitrogens with one attached hydrogen (secondary N) is 2. The summed E-state index contributed by atoms with van der Waals surface area (Å²) in [5.41, 5.74) is 1.48. The Morgan fingerprint density at radius 2 is 1.58 bits per heavy atom. The number of hydrogen-bond acceptors (Lipinski definition) is 3. The number of nitrogens with zero attached hydrogens (tertiary/aromatic N) is 4. The third-order valence-corrected chi connectivity index (χ3v) is 5.26. The second-order valence-corrected chi connectivity index (χ2v) is 7.91. The Morgan fingerprint density at radius 3 is 2.35 bits per heavy atom. The zero-order chi connectivity index (χ0) is 21.8. The summed E-state index contributed by atoms with van der Waals surface area (Å²) in [6.45, 7) is 0.786. The third kappa shape index (κ3) is 5.41. The molecule has 0 bridgehead atoms. The molecule has 31 heavy (non-hydrogen) atoms. The summed E-state index contributed by atoms with van der Waals surface area (Å²) in [5, 5.41) is 16.1. The summed E-state index contributed by atoms with van der Waals surface area (Å²) < 4.78 is 17.1. The molecule has 0 atom stereocenters. The summed E-state index contributed by atoms with van der Waals surface area (Å²) in [6, 6.07) is 15.9. The number of hydrogen-bond donors (Lipinski definition) is 2. The van der Waals surface area contributed by atoms with Gasteiger partial charge in [0.25, 0.3) is 0 Å². The van der Waals surface area contributed by atoms with Gasteiger partial charge in [-0.3, -0.25) is 9.36 Å².